The second kappa shape index (κ2) is 34.4. The van der Waals surface area contributed by atoms with Gasteiger partial charge < -0.3 is 9.80 Å². The number of para-hydroxylation sites is 1. The standard InChI is InChI=1S/C50H29NO2S2.C39H24N2O2.C35H22N2O2/c52-49-42-26-34-12-6-7-13-35(34)27-43(42)50(53)44(49)21-30-14-15-38-24-40(18-16-36(38)20-30)51(41-19-17-37-22-32-10-4-5-11-33(32)23-39(37)25-41)48-29-47-46(55-48)28-45(54-47)31-8-2-1-3-9-31;42-38-35-23-28-7-3-4-8-29(28)24-36(35)39(43)37(38)20-25-9-10-31-22-34(14-12-30(31)19-25)41(32-15-17-40-18-16-32)33-13-11-26-5-1-2-6-27(26)21-33;38-34-30-21-24-8-4-5-9-25(24)22-31(30)35(39)32(34)19-23-13-14-27-20-29(16-15-26(27)18-23)37(28-10-2-1-3-11-28)33-12-6-7-17-36-33/h1-29H;1-24H;1-22H. The first-order valence-corrected chi connectivity index (χ1v) is 46.8. The summed E-state index contributed by atoms with van der Waals surface area (Å²) < 4.78 is 2.53. The van der Waals surface area contributed by atoms with E-state index in [1.165, 1.54) is 52.2 Å². The number of fused-ring (bicyclic) bond motifs is 13. The van der Waals surface area contributed by atoms with Crippen molar-refractivity contribution in [1.29, 1.82) is 0 Å². The highest BCUT2D eigenvalue weighted by Gasteiger charge is 2.37. The molecule has 0 fully saturated rings. The van der Waals surface area contributed by atoms with Crippen LogP contribution < -0.4 is 14.7 Å². The quantitative estimate of drug-likeness (QED) is 0.0619. The van der Waals surface area contributed by atoms with Crippen molar-refractivity contribution >= 4 is 233 Å². The topological polar surface area (TPSA) is 138 Å². The van der Waals surface area contributed by atoms with Crippen LogP contribution in [0.1, 0.15) is 78.8 Å². The van der Waals surface area contributed by atoms with Crippen molar-refractivity contribution in [2.24, 2.45) is 0 Å². The third-order valence-corrected chi connectivity index (χ3v) is 28.4. The molecule has 4 heterocycles. The number of allylic oxidation sites excluding steroid dienone is 3. The van der Waals surface area contributed by atoms with Gasteiger partial charge in [-0.15, -0.1) is 22.7 Å². The number of thiophene rings is 2. The van der Waals surface area contributed by atoms with E-state index in [1.807, 2.05) is 212 Å². The van der Waals surface area contributed by atoms with Gasteiger partial charge in [-0.25, -0.2) is 4.98 Å². The van der Waals surface area contributed by atoms with Crippen molar-refractivity contribution in [3.8, 4) is 10.4 Å². The van der Waals surface area contributed by atoms with Crippen molar-refractivity contribution < 1.29 is 28.8 Å². The zero-order valence-electron chi connectivity index (χ0n) is 73.3. The van der Waals surface area contributed by atoms with Gasteiger partial charge >= 0.3 is 0 Å². The Bertz CT molecular complexity index is 8900. The molecule has 19 aromatic carbocycles. The number of pyridine rings is 2. The number of rotatable bonds is 13. The van der Waals surface area contributed by atoms with E-state index >= 15 is 0 Å². The zero-order valence-corrected chi connectivity index (χ0v) is 74.9. The lowest BCUT2D eigenvalue weighted by molar-refractivity contribution is 0.0975. The summed E-state index contributed by atoms with van der Waals surface area (Å²) in [4.78, 5) is 96.8. The molecule has 11 nitrogen and oxygen atoms in total. The van der Waals surface area contributed by atoms with Crippen LogP contribution >= 0.6 is 22.7 Å². The molecule has 0 amide bonds. The van der Waals surface area contributed by atoms with E-state index in [2.05, 4.69) is 243 Å². The Morgan fingerprint density at radius 1 is 0.204 bits per heavy atom. The lowest BCUT2D eigenvalue weighted by Crippen LogP contribution is -2.11. The van der Waals surface area contributed by atoms with E-state index in [9.17, 15) is 28.8 Å². The molecule has 3 aliphatic carbocycles. The van der Waals surface area contributed by atoms with Gasteiger partial charge in [0.05, 0.1) is 16.7 Å². The fourth-order valence-electron chi connectivity index (χ4n) is 19.2. The molecular weight excluding hydrogens is 1720 g/mol. The summed E-state index contributed by atoms with van der Waals surface area (Å²) in [5, 5.41) is 20.3. The maximum absolute atomic E-state index is 13.5. The fraction of sp³-hybridized carbons (Fsp3) is 0. The number of ketones is 6. The minimum Gasteiger partial charge on any atom is -0.310 e. The minimum absolute atomic E-state index is 0.210. The van der Waals surface area contributed by atoms with Gasteiger partial charge in [0.1, 0.15) is 10.8 Å². The van der Waals surface area contributed by atoms with E-state index in [1.54, 1.807) is 48.2 Å². The summed E-state index contributed by atoms with van der Waals surface area (Å²) in [6.07, 6.45) is 10.6. The number of hydrogen-bond donors (Lipinski definition) is 0. The van der Waals surface area contributed by atoms with Crippen LogP contribution in [0, 0.1) is 0 Å². The highest BCUT2D eigenvalue weighted by Crippen LogP contribution is 2.49. The van der Waals surface area contributed by atoms with Crippen LogP contribution in [0.3, 0.4) is 0 Å². The second-order valence-electron chi connectivity index (χ2n) is 34.5. The van der Waals surface area contributed by atoms with Crippen molar-refractivity contribution in [3.63, 3.8) is 0 Å². The number of anilines is 9. The lowest BCUT2D eigenvalue weighted by Gasteiger charge is -2.26. The molecule has 0 bridgehead atoms. The Balaban J connectivity index is 0.000000114. The molecule has 26 rings (SSSR count). The largest absolute Gasteiger partial charge is 0.310 e. The highest BCUT2D eigenvalue weighted by molar-refractivity contribution is 7.31. The Morgan fingerprint density at radius 3 is 0.905 bits per heavy atom. The molecule has 0 radical (unpaired) electrons. The number of benzene rings is 19. The molecular formula is C124H75N5O6S2. The predicted octanol–water partition coefficient (Wildman–Crippen LogP) is 32.0. The molecule has 0 unspecified atom stereocenters. The molecule has 13 heteroatoms. The van der Waals surface area contributed by atoms with Crippen molar-refractivity contribution in [1.82, 2.24) is 9.97 Å². The Labute approximate surface area is 794 Å². The average Bonchev–Trinajstić information content (AvgIpc) is 1.61. The Kier molecular flexibility index (Phi) is 20.6. The molecule has 3 aliphatic rings. The van der Waals surface area contributed by atoms with Gasteiger partial charge in [-0.1, -0.05) is 243 Å². The molecule has 23 aromatic rings. The first kappa shape index (κ1) is 82.3. The maximum Gasteiger partial charge on any atom is 0.197 e. The van der Waals surface area contributed by atoms with Crippen molar-refractivity contribution in [2.75, 3.05) is 14.7 Å². The SMILES string of the molecule is O=C1C(=Cc2ccc3cc(N(c4ccc5cc6ccccc6cc5c4)c4cc5sc(-c6ccccc6)cc5s4)ccc3c2)C(=O)c2cc3ccccc3cc21.O=C1C(=Cc2ccc3cc(N(c4ccccc4)c4ccccn4)ccc3c2)C(=O)c2cc3ccccc3cc21.O=C1C(=Cc2ccc3cc(N(c4ccncc4)c4ccc5ccccc5c4)ccc3c2)C(=O)c2cc3ccccc3cc21. The molecule has 0 spiro atoms. The third kappa shape index (κ3) is 15.4. The summed E-state index contributed by atoms with van der Waals surface area (Å²) in [6.45, 7) is 0. The van der Waals surface area contributed by atoms with E-state index in [0.29, 0.717) is 33.4 Å². The van der Waals surface area contributed by atoms with Crippen LogP contribution in [0.5, 0.6) is 0 Å². The van der Waals surface area contributed by atoms with Gasteiger partial charge in [0, 0.05) is 106 Å². The van der Waals surface area contributed by atoms with Crippen LogP contribution in [-0.2, 0) is 0 Å². The van der Waals surface area contributed by atoms with Crippen LogP contribution in [-0.4, -0.2) is 44.7 Å². The Hall–Kier alpha value is -17.9. The molecule has 0 saturated carbocycles. The van der Waals surface area contributed by atoms with E-state index in [0.717, 1.165) is 132 Å². The molecule has 0 saturated heterocycles. The monoisotopic (exact) mass is 1790 g/mol. The van der Waals surface area contributed by atoms with E-state index in [4.69, 9.17) is 0 Å². The summed E-state index contributed by atoms with van der Waals surface area (Å²) in [5.74, 6) is -0.474. The van der Waals surface area contributed by atoms with Crippen LogP contribution in [0.4, 0.5) is 50.6 Å². The maximum atomic E-state index is 13.5. The highest BCUT2D eigenvalue weighted by atomic mass is 32.1. The number of Topliss-reactive ketones (excluding diaryl/α,β-unsaturated/α-hetero) is 6. The van der Waals surface area contributed by atoms with E-state index in [-0.39, 0.29) is 51.4 Å². The summed E-state index contributed by atoms with van der Waals surface area (Å²) in [6, 6.07) is 142. The summed E-state index contributed by atoms with van der Waals surface area (Å²) >= 11 is 3.63. The van der Waals surface area contributed by atoms with E-state index < -0.39 is 0 Å². The minimum atomic E-state index is -0.218. The second-order valence-corrected chi connectivity index (χ2v) is 36.7. The first-order valence-electron chi connectivity index (χ1n) is 45.2. The number of carbonyl (C=O) groups excluding carboxylic acids is 6. The average molecular weight is 1800 g/mol. The van der Waals surface area contributed by atoms with Crippen LogP contribution in [0.2, 0.25) is 0 Å². The number of nitrogens with zero attached hydrogens (tertiary/aromatic N) is 5. The van der Waals surface area contributed by atoms with Crippen molar-refractivity contribution in [2.45, 2.75) is 0 Å². The smallest absolute Gasteiger partial charge is 0.197 e. The fourth-order valence-corrected chi connectivity index (χ4v) is 21.7. The molecule has 4 aromatic heterocycles. The lowest BCUT2D eigenvalue weighted by atomic mass is 10.0. The normalized spacial score (nSPS) is 12.7. The van der Waals surface area contributed by atoms with Gasteiger partial charge in [-0.2, -0.15) is 0 Å². The Morgan fingerprint density at radius 2 is 0.504 bits per heavy atom. The van der Waals surface area contributed by atoms with Gasteiger partial charge in [0.25, 0.3) is 0 Å². The predicted molar refractivity (Wildman–Crippen MR) is 564 cm³/mol. The van der Waals surface area contributed by atoms with Crippen molar-refractivity contribution in [3.05, 3.63) is 504 Å². The molecule has 0 aliphatic heterocycles. The molecule has 0 atom stereocenters. The third-order valence-electron chi connectivity index (χ3n) is 26.1. The number of hydrogen-bond acceptors (Lipinski definition) is 13. The summed E-state index contributed by atoms with van der Waals surface area (Å²) in [5.41, 5.74) is 14.4. The number of carbonyl (C=O) groups is 6. The van der Waals surface area contributed by atoms with Crippen LogP contribution in [0.15, 0.2) is 454 Å². The van der Waals surface area contributed by atoms with Crippen LogP contribution in [0.25, 0.3) is 135 Å². The van der Waals surface area contributed by atoms with Gasteiger partial charge in [0.15, 0.2) is 34.7 Å². The molecule has 0 N–H and O–H groups in total. The number of aromatic nitrogens is 2. The van der Waals surface area contributed by atoms with Gasteiger partial charge in [0.2, 0.25) is 0 Å². The first-order chi connectivity index (χ1) is 67.3. The molecule has 137 heavy (non-hydrogen) atoms. The summed E-state index contributed by atoms with van der Waals surface area (Å²) in [7, 11) is 0. The van der Waals surface area contributed by atoms with Gasteiger partial charge in [-0.3, -0.25) is 38.7 Å². The zero-order chi connectivity index (χ0) is 91.9. The molecule has 644 valence electrons. The van der Waals surface area contributed by atoms with Gasteiger partial charge in [-0.05, 0) is 313 Å².